The molecule has 1 saturated heterocycles. The van der Waals surface area contributed by atoms with Gasteiger partial charge < -0.3 is 15.5 Å². The third-order valence-corrected chi connectivity index (χ3v) is 3.06. The average molecular weight is 259 g/mol. The number of aliphatic hydroxyl groups excluding tert-OH is 1. The first-order valence-electron chi connectivity index (χ1n) is 5.66. The maximum Gasteiger partial charge on any atom is 0.120 e. The second kappa shape index (κ2) is 6.81. The summed E-state index contributed by atoms with van der Waals surface area (Å²) < 4.78 is 0. The van der Waals surface area contributed by atoms with Crippen LogP contribution in [0, 0.1) is 0 Å². The Morgan fingerprint density at radius 2 is 1.88 bits per heavy atom. The molecule has 5 heteroatoms. The van der Waals surface area contributed by atoms with E-state index in [2.05, 4.69) is 10.2 Å². The van der Waals surface area contributed by atoms with Crippen molar-refractivity contribution in [3.05, 3.63) is 29.8 Å². The Balaban J connectivity index is 0.00000144. The zero-order chi connectivity index (χ0) is 11.4. The molecule has 0 spiro atoms. The van der Waals surface area contributed by atoms with E-state index >= 15 is 0 Å². The molecule has 1 heterocycles. The number of rotatable bonds is 3. The topological polar surface area (TPSA) is 55.7 Å². The highest BCUT2D eigenvalue weighted by Crippen LogP contribution is 2.28. The molecule has 1 aromatic carbocycles. The van der Waals surface area contributed by atoms with Gasteiger partial charge in [0, 0.05) is 31.7 Å². The minimum absolute atomic E-state index is 0. The Hall–Kier alpha value is -0.810. The Labute approximate surface area is 108 Å². The second-order valence-corrected chi connectivity index (χ2v) is 4.04. The van der Waals surface area contributed by atoms with Gasteiger partial charge in [0.25, 0.3) is 0 Å². The summed E-state index contributed by atoms with van der Waals surface area (Å²) in [5, 5.41) is 22.5. The first kappa shape index (κ1) is 14.3. The van der Waals surface area contributed by atoms with Crippen LogP contribution in [0.2, 0.25) is 0 Å². The molecule has 0 unspecified atom stereocenters. The van der Waals surface area contributed by atoms with Crippen LogP contribution in [-0.2, 0) is 0 Å². The van der Waals surface area contributed by atoms with Gasteiger partial charge in [0.1, 0.15) is 5.75 Å². The number of phenols is 1. The highest BCUT2D eigenvalue weighted by atomic mass is 35.5. The number of halogens is 1. The number of benzene rings is 1. The molecule has 1 aromatic rings. The van der Waals surface area contributed by atoms with E-state index in [0.717, 1.165) is 31.7 Å². The molecule has 4 nitrogen and oxygen atoms in total. The molecule has 0 bridgehead atoms. The van der Waals surface area contributed by atoms with Gasteiger partial charge in [0.2, 0.25) is 0 Å². The largest absolute Gasteiger partial charge is 0.508 e. The smallest absolute Gasteiger partial charge is 0.120 e. The monoisotopic (exact) mass is 258 g/mol. The number of para-hydroxylation sites is 1. The lowest BCUT2D eigenvalue weighted by atomic mass is 10.0. The number of phenolic OH excluding ortho intramolecular Hbond substituents is 1. The summed E-state index contributed by atoms with van der Waals surface area (Å²) in [6.45, 7) is 3.71. The van der Waals surface area contributed by atoms with Crippen molar-refractivity contribution in [2.24, 2.45) is 0 Å². The van der Waals surface area contributed by atoms with Crippen LogP contribution in [0.3, 0.4) is 0 Å². The summed E-state index contributed by atoms with van der Waals surface area (Å²) in [5.41, 5.74) is 0.812. The Bertz CT molecular complexity index is 343. The number of aromatic hydroxyl groups is 1. The summed E-state index contributed by atoms with van der Waals surface area (Å²) in [4.78, 5) is 2.20. The molecule has 0 aliphatic carbocycles. The van der Waals surface area contributed by atoms with Crippen LogP contribution in [0.25, 0.3) is 0 Å². The van der Waals surface area contributed by atoms with E-state index in [-0.39, 0.29) is 30.8 Å². The molecule has 3 N–H and O–H groups in total. The molecule has 1 aliphatic rings. The lowest BCUT2D eigenvalue weighted by molar-refractivity contribution is 0.109. The Morgan fingerprint density at radius 1 is 1.24 bits per heavy atom. The number of aliphatic hydroxyl groups is 1. The molecule has 0 saturated carbocycles. The van der Waals surface area contributed by atoms with Gasteiger partial charge in [-0.3, -0.25) is 4.90 Å². The van der Waals surface area contributed by atoms with E-state index in [1.165, 1.54) is 0 Å². The van der Waals surface area contributed by atoms with Crippen LogP contribution in [0.1, 0.15) is 11.6 Å². The summed E-state index contributed by atoms with van der Waals surface area (Å²) >= 11 is 0. The van der Waals surface area contributed by atoms with Crippen LogP contribution >= 0.6 is 12.4 Å². The number of nitrogens with one attached hydrogen (secondary N) is 1. The van der Waals surface area contributed by atoms with Crippen LogP contribution in [0.15, 0.2) is 24.3 Å². The maximum absolute atomic E-state index is 9.79. The van der Waals surface area contributed by atoms with Crippen molar-refractivity contribution in [3.8, 4) is 5.75 Å². The van der Waals surface area contributed by atoms with Crippen molar-refractivity contribution in [3.63, 3.8) is 0 Å². The van der Waals surface area contributed by atoms with E-state index in [1.807, 2.05) is 12.1 Å². The van der Waals surface area contributed by atoms with E-state index in [0.29, 0.717) is 0 Å². The lowest BCUT2D eigenvalue weighted by Gasteiger charge is -2.34. The van der Waals surface area contributed by atoms with Gasteiger partial charge in [-0.2, -0.15) is 0 Å². The van der Waals surface area contributed by atoms with E-state index in [4.69, 9.17) is 0 Å². The van der Waals surface area contributed by atoms with Crippen molar-refractivity contribution in [2.45, 2.75) is 6.04 Å². The van der Waals surface area contributed by atoms with Crippen LogP contribution < -0.4 is 5.32 Å². The van der Waals surface area contributed by atoms with Gasteiger partial charge in [-0.05, 0) is 6.07 Å². The van der Waals surface area contributed by atoms with Gasteiger partial charge in [-0.15, -0.1) is 12.4 Å². The number of piperazine rings is 1. The molecule has 0 aromatic heterocycles. The van der Waals surface area contributed by atoms with Gasteiger partial charge in [-0.1, -0.05) is 18.2 Å². The van der Waals surface area contributed by atoms with Gasteiger partial charge in [-0.25, -0.2) is 0 Å². The van der Waals surface area contributed by atoms with E-state index < -0.39 is 0 Å². The fraction of sp³-hybridized carbons (Fsp3) is 0.500. The van der Waals surface area contributed by atoms with Crippen LogP contribution in [-0.4, -0.2) is 47.9 Å². The summed E-state index contributed by atoms with van der Waals surface area (Å²) in [7, 11) is 0. The van der Waals surface area contributed by atoms with Gasteiger partial charge in [0.05, 0.1) is 12.6 Å². The predicted octanol–water partition coefficient (Wildman–Crippen LogP) is 0.753. The normalized spacial score (nSPS) is 18.4. The molecule has 0 radical (unpaired) electrons. The molecule has 1 aliphatic heterocycles. The molecule has 0 amide bonds. The molecule has 1 fully saturated rings. The summed E-state index contributed by atoms with van der Waals surface area (Å²) in [6, 6.07) is 7.13. The first-order chi connectivity index (χ1) is 7.83. The fourth-order valence-electron chi connectivity index (χ4n) is 2.17. The van der Waals surface area contributed by atoms with Crippen molar-refractivity contribution >= 4 is 12.4 Å². The molecular formula is C12H19ClN2O2. The molecular weight excluding hydrogens is 240 g/mol. The minimum atomic E-state index is -0.0942. The van der Waals surface area contributed by atoms with Crippen molar-refractivity contribution < 1.29 is 10.2 Å². The maximum atomic E-state index is 9.79. The molecule has 96 valence electrons. The highest BCUT2D eigenvalue weighted by molar-refractivity contribution is 5.85. The molecule has 1 atom stereocenters. The van der Waals surface area contributed by atoms with Gasteiger partial charge >= 0.3 is 0 Å². The summed E-state index contributed by atoms with van der Waals surface area (Å²) in [5.74, 6) is 0.264. The van der Waals surface area contributed by atoms with Gasteiger partial charge in [0.15, 0.2) is 0 Å². The molecule has 2 rings (SSSR count). The van der Waals surface area contributed by atoms with Crippen molar-refractivity contribution in [1.82, 2.24) is 10.2 Å². The number of hydrogen-bond acceptors (Lipinski definition) is 4. The van der Waals surface area contributed by atoms with E-state index in [1.54, 1.807) is 12.1 Å². The standard InChI is InChI=1S/C12H18N2O2.ClH/c15-9-11(14-7-5-13-6-8-14)10-3-1-2-4-12(10)16;/h1-4,11,13,15-16H,5-9H2;1H/t11-;/m0./s1. The highest BCUT2D eigenvalue weighted by Gasteiger charge is 2.23. The zero-order valence-corrected chi connectivity index (χ0v) is 10.5. The number of nitrogens with zero attached hydrogens (tertiary/aromatic N) is 1. The van der Waals surface area contributed by atoms with Crippen LogP contribution in [0.5, 0.6) is 5.75 Å². The molecule has 17 heavy (non-hydrogen) atoms. The predicted molar refractivity (Wildman–Crippen MR) is 69.6 cm³/mol. The minimum Gasteiger partial charge on any atom is -0.508 e. The third kappa shape index (κ3) is 3.33. The zero-order valence-electron chi connectivity index (χ0n) is 9.67. The summed E-state index contributed by atoms with van der Waals surface area (Å²) in [6.07, 6.45) is 0. The second-order valence-electron chi connectivity index (χ2n) is 4.04. The SMILES string of the molecule is Cl.OC[C@@H](c1ccccc1O)N1CCNCC1. The lowest BCUT2D eigenvalue weighted by Crippen LogP contribution is -2.46. The van der Waals surface area contributed by atoms with Crippen molar-refractivity contribution in [2.75, 3.05) is 32.8 Å². The van der Waals surface area contributed by atoms with Crippen LogP contribution in [0.4, 0.5) is 0 Å². The van der Waals surface area contributed by atoms with E-state index in [9.17, 15) is 10.2 Å². The van der Waals surface area contributed by atoms with Crippen molar-refractivity contribution in [1.29, 1.82) is 0 Å². The average Bonchev–Trinajstić information content (AvgIpc) is 2.34. The number of hydrogen-bond donors (Lipinski definition) is 3. The Kier molecular flexibility index (Phi) is 5.71. The Morgan fingerprint density at radius 3 is 2.47 bits per heavy atom. The quantitative estimate of drug-likeness (QED) is 0.749. The first-order valence-corrected chi connectivity index (χ1v) is 5.66. The third-order valence-electron chi connectivity index (χ3n) is 3.06. The fourth-order valence-corrected chi connectivity index (χ4v) is 2.17.